The van der Waals surface area contributed by atoms with Gasteiger partial charge in [0.2, 0.25) is 5.91 Å². The predicted octanol–water partition coefficient (Wildman–Crippen LogP) is 1.29. The number of carbonyl (C=O) groups excluding carboxylic acids is 2. The first-order valence-electron chi connectivity index (χ1n) is 6.73. The molecule has 0 aliphatic carbocycles. The van der Waals surface area contributed by atoms with E-state index in [0.717, 1.165) is 12.3 Å². The van der Waals surface area contributed by atoms with E-state index in [1.165, 1.54) is 0 Å². The van der Waals surface area contributed by atoms with Crippen LogP contribution in [0.4, 0.5) is 0 Å². The molecule has 0 atom stereocenters. The summed E-state index contributed by atoms with van der Waals surface area (Å²) < 4.78 is 5.30. The Bertz CT molecular complexity index is 418. The van der Waals surface area contributed by atoms with Crippen molar-refractivity contribution in [2.45, 2.75) is 26.3 Å². The van der Waals surface area contributed by atoms with Crippen LogP contribution >= 0.6 is 0 Å². The Morgan fingerprint density at radius 3 is 2.74 bits per heavy atom. The molecule has 0 radical (unpaired) electrons. The summed E-state index contributed by atoms with van der Waals surface area (Å²) in [7, 11) is 0. The van der Waals surface area contributed by atoms with Gasteiger partial charge in [-0.05, 0) is 18.7 Å². The summed E-state index contributed by atoms with van der Waals surface area (Å²) >= 11 is 0. The summed E-state index contributed by atoms with van der Waals surface area (Å²) in [5.41, 5.74) is 0. The van der Waals surface area contributed by atoms with Crippen LogP contribution in [0.2, 0.25) is 0 Å². The van der Waals surface area contributed by atoms with Crippen molar-refractivity contribution < 1.29 is 14.0 Å². The van der Waals surface area contributed by atoms with Crippen LogP contribution in [0.1, 0.15) is 25.5 Å². The van der Waals surface area contributed by atoms with Gasteiger partial charge in [0.1, 0.15) is 11.5 Å². The lowest BCUT2D eigenvalue weighted by Crippen LogP contribution is -2.44. The molecule has 0 N–H and O–H groups in total. The van der Waals surface area contributed by atoms with Gasteiger partial charge in [-0.1, -0.05) is 6.92 Å². The van der Waals surface area contributed by atoms with E-state index in [2.05, 4.69) is 0 Å². The van der Waals surface area contributed by atoms with E-state index in [0.29, 0.717) is 39.0 Å². The van der Waals surface area contributed by atoms with Crippen LogP contribution in [0.5, 0.6) is 0 Å². The zero-order chi connectivity index (χ0) is 13.7. The van der Waals surface area contributed by atoms with E-state index in [9.17, 15) is 9.59 Å². The average molecular weight is 264 g/mol. The highest BCUT2D eigenvalue weighted by atomic mass is 16.3. The summed E-state index contributed by atoms with van der Waals surface area (Å²) in [5.74, 6) is 1.22. The van der Waals surface area contributed by atoms with Gasteiger partial charge in [0, 0.05) is 25.9 Å². The standard InChI is InChI=1S/C14H20N2O3/c1-2-15(10-13-4-3-9-19-13)11-14(18)16-7-5-12(17)6-8-16/h3-4,9H,2,5-8,10-11H2,1H3. The Kier molecular flexibility index (Phi) is 4.74. The normalized spacial score (nSPS) is 16.1. The number of Topliss-reactive ketones (excluding diaryl/α,β-unsaturated/α-hetero) is 1. The molecule has 1 saturated heterocycles. The van der Waals surface area contributed by atoms with Crippen molar-refractivity contribution in [3.05, 3.63) is 24.2 Å². The van der Waals surface area contributed by atoms with Gasteiger partial charge in [0.25, 0.3) is 0 Å². The number of furan rings is 1. The monoisotopic (exact) mass is 264 g/mol. The van der Waals surface area contributed by atoms with Crippen molar-refractivity contribution >= 4 is 11.7 Å². The minimum absolute atomic E-state index is 0.0981. The van der Waals surface area contributed by atoms with Crippen molar-refractivity contribution in [3.8, 4) is 0 Å². The fourth-order valence-corrected chi connectivity index (χ4v) is 2.20. The molecular formula is C14H20N2O3. The van der Waals surface area contributed by atoms with E-state index in [1.54, 1.807) is 11.2 Å². The molecule has 104 valence electrons. The number of rotatable bonds is 5. The summed E-state index contributed by atoms with van der Waals surface area (Å²) in [6, 6.07) is 3.76. The summed E-state index contributed by atoms with van der Waals surface area (Å²) in [5, 5.41) is 0. The maximum atomic E-state index is 12.1. The van der Waals surface area contributed by atoms with Crippen molar-refractivity contribution in [3.63, 3.8) is 0 Å². The summed E-state index contributed by atoms with van der Waals surface area (Å²) in [6.45, 7) is 4.97. The van der Waals surface area contributed by atoms with Crippen LogP contribution in [-0.2, 0) is 16.1 Å². The predicted molar refractivity (Wildman–Crippen MR) is 70.5 cm³/mol. The Labute approximate surface area is 113 Å². The lowest BCUT2D eigenvalue weighted by atomic mass is 10.1. The van der Waals surface area contributed by atoms with E-state index in [4.69, 9.17) is 4.42 Å². The van der Waals surface area contributed by atoms with Crippen molar-refractivity contribution in [2.24, 2.45) is 0 Å². The lowest BCUT2D eigenvalue weighted by Gasteiger charge is -2.28. The zero-order valence-corrected chi connectivity index (χ0v) is 11.3. The number of likely N-dealkylation sites (tertiary alicyclic amines) is 1. The first-order valence-corrected chi connectivity index (χ1v) is 6.73. The lowest BCUT2D eigenvalue weighted by molar-refractivity contribution is -0.135. The largest absolute Gasteiger partial charge is 0.468 e. The van der Waals surface area contributed by atoms with Gasteiger partial charge < -0.3 is 9.32 Å². The van der Waals surface area contributed by atoms with Crippen LogP contribution < -0.4 is 0 Å². The van der Waals surface area contributed by atoms with E-state index >= 15 is 0 Å². The number of hydrogen-bond donors (Lipinski definition) is 0. The van der Waals surface area contributed by atoms with E-state index in [-0.39, 0.29) is 11.7 Å². The van der Waals surface area contributed by atoms with Crippen LogP contribution in [0.25, 0.3) is 0 Å². The minimum Gasteiger partial charge on any atom is -0.468 e. The highest BCUT2D eigenvalue weighted by Crippen LogP contribution is 2.09. The highest BCUT2D eigenvalue weighted by Gasteiger charge is 2.22. The molecule has 0 unspecified atom stereocenters. The third kappa shape index (κ3) is 3.92. The summed E-state index contributed by atoms with van der Waals surface area (Å²) in [6.07, 6.45) is 2.63. The van der Waals surface area contributed by atoms with Gasteiger partial charge in [0.15, 0.2) is 0 Å². The van der Waals surface area contributed by atoms with Crippen LogP contribution in [0.3, 0.4) is 0 Å². The molecule has 2 heterocycles. The second kappa shape index (κ2) is 6.52. The second-order valence-corrected chi connectivity index (χ2v) is 4.80. The molecule has 2 rings (SSSR count). The molecule has 1 fully saturated rings. The molecule has 0 aromatic carbocycles. The van der Waals surface area contributed by atoms with Gasteiger partial charge in [-0.15, -0.1) is 0 Å². The molecule has 1 aliphatic heterocycles. The van der Waals surface area contributed by atoms with Crippen molar-refractivity contribution in [1.82, 2.24) is 9.80 Å². The molecule has 0 bridgehead atoms. The van der Waals surface area contributed by atoms with Gasteiger partial charge in [-0.2, -0.15) is 0 Å². The van der Waals surface area contributed by atoms with Crippen LogP contribution in [0.15, 0.2) is 22.8 Å². The zero-order valence-electron chi connectivity index (χ0n) is 11.3. The van der Waals surface area contributed by atoms with Crippen molar-refractivity contribution in [1.29, 1.82) is 0 Å². The number of carbonyl (C=O) groups is 2. The maximum Gasteiger partial charge on any atom is 0.236 e. The Hall–Kier alpha value is -1.62. The van der Waals surface area contributed by atoms with Gasteiger partial charge in [-0.25, -0.2) is 0 Å². The van der Waals surface area contributed by atoms with Gasteiger partial charge in [0.05, 0.1) is 19.4 Å². The van der Waals surface area contributed by atoms with E-state index < -0.39 is 0 Å². The Morgan fingerprint density at radius 1 is 1.42 bits per heavy atom. The molecule has 1 aromatic rings. The SMILES string of the molecule is CCN(CC(=O)N1CCC(=O)CC1)Cc1ccco1. The number of ketones is 1. The van der Waals surface area contributed by atoms with Gasteiger partial charge in [-0.3, -0.25) is 14.5 Å². The number of piperidine rings is 1. The number of amides is 1. The molecule has 19 heavy (non-hydrogen) atoms. The van der Waals surface area contributed by atoms with Crippen molar-refractivity contribution in [2.75, 3.05) is 26.2 Å². The fourth-order valence-electron chi connectivity index (χ4n) is 2.20. The maximum absolute atomic E-state index is 12.1. The highest BCUT2D eigenvalue weighted by molar-refractivity contribution is 5.84. The first-order chi connectivity index (χ1) is 9.19. The quantitative estimate of drug-likeness (QED) is 0.804. The number of nitrogens with zero attached hydrogens (tertiary/aromatic N) is 2. The fraction of sp³-hybridized carbons (Fsp3) is 0.571. The Morgan fingerprint density at radius 2 is 2.16 bits per heavy atom. The molecule has 1 aromatic heterocycles. The molecule has 5 heteroatoms. The third-order valence-electron chi connectivity index (χ3n) is 3.44. The van der Waals surface area contributed by atoms with Crippen LogP contribution in [0, 0.1) is 0 Å². The molecule has 1 amide bonds. The smallest absolute Gasteiger partial charge is 0.236 e. The summed E-state index contributed by atoms with van der Waals surface area (Å²) in [4.78, 5) is 27.1. The Balaban J connectivity index is 1.84. The van der Waals surface area contributed by atoms with E-state index in [1.807, 2.05) is 24.0 Å². The third-order valence-corrected chi connectivity index (χ3v) is 3.44. The minimum atomic E-state index is 0.0981. The molecular weight excluding hydrogens is 244 g/mol. The number of hydrogen-bond acceptors (Lipinski definition) is 4. The average Bonchev–Trinajstić information content (AvgIpc) is 2.91. The van der Waals surface area contributed by atoms with Gasteiger partial charge >= 0.3 is 0 Å². The molecule has 5 nitrogen and oxygen atoms in total. The van der Waals surface area contributed by atoms with Crippen LogP contribution in [-0.4, -0.2) is 47.7 Å². The molecule has 0 spiro atoms. The number of likely N-dealkylation sites (N-methyl/N-ethyl adjacent to an activating group) is 1. The topological polar surface area (TPSA) is 53.8 Å². The molecule has 1 aliphatic rings. The first kappa shape index (κ1) is 13.8. The molecule has 0 saturated carbocycles. The second-order valence-electron chi connectivity index (χ2n) is 4.80.